The van der Waals surface area contributed by atoms with Crippen LogP contribution in [0.5, 0.6) is 5.75 Å². The van der Waals surface area contributed by atoms with Crippen LogP contribution in [0, 0.1) is 11.3 Å². The van der Waals surface area contributed by atoms with Gasteiger partial charge in [-0.1, -0.05) is 17.7 Å². The molecule has 16 heavy (non-hydrogen) atoms. The van der Waals surface area contributed by atoms with Gasteiger partial charge in [0.1, 0.15) is 17.4 Å². The number of nitrogens with zero attached hydrogens (tertiary/aromatic N) is 1. The number of carboxylic acid groups (broad SMARTS) is 1. The molecule has 0 spiro atoms. The van der Waals surface area contributed by atoms with Gasteiger partial charge in [0, 0.05) is 0 Å². The smallest absolute Gasteiger partial charge is 0.346 e. The standard InChI is InChI=1S/C11H8ClNO3/c1-16-10-3-2-7(5-9(10)12)4-8(6-13)11(14)15/h2-5H,1H3,(H,14,15)/b8-4+. The minimum atomic E-state index is -1.27. The molecular weight excluding hydrogens is 230 g/mol. The number of carboxylic acids is 1. The van der Waals surface area contributed by atoms with E-state index in [1.807, 2.05) is 0 Å². The Bertz CT molecular complexity index is 488. The summed E-state index contributed by atoms with van der Waals surface area (Å²) in [5, 5.41) is 17.6. The molecule has 82 valence electrons. The van der Waals surface area contributed by atoms with Crippen molar-refractivity contribution in [3.63, 3.8) is 0 Å². The van der Waals surface area contributed by atoms with Gasteiger partial charge >= 0.3 is 5.97 Å². The predicted octanol–water partition coefficient (Wildman–Crippen LogP) is 2.34. The van der Waals surface area contributed by atoms with Crippen molar-refractivity contribution in [1.82, 2.24) is 0 Å². The normalized spacial score (nSPS) is 10.7. The Hall–Kier alpha value is -1.99. The molecule has 1 aromatic carbocycles. The lowest BCUT2D eigenvalue weighted by molar-refractivity contribution is -0.132. The highest BCUT2D eigenvalue weighted by Crippen LogP contribution is 2.25. The maximum absolute atomic E-state index is 10.6. The van der Waals surface area contributed by atoms with Crippen molar-refractivity contribution in [3.05, 3.63) is 34.4 Å². The Kier molecular flexibility index (Phi) is 3.92. The van der Waals surface area contributed by atoms with E-state index in [4.69, 9.17) is 26.7 Å². The summed E-state index contributed by atoms with van der Waals surface area (Å²) < 4.78 is 4.94. The van der Waals surface area contributed by atoms with Gasteiger partial charge in [0.05, 0.1) is 12.1 Å². The van der Waals surface area contributed by atoms with E-state index in [1.54, 1.807) is 18.2 Å². The topological polar surface area (TPSA) is 70.3 Å². The second kappa shape index (κ2) is 5.19. The van der Waals surface area contributed by atoms with Gasteiger partial charge in [-0.25, -0.2) is 4.79 Å². The van der Waals surface area contributed by atoms with Crippen LogP contribution in [0.2, 0.25) is 5.02 Å². The molecule has 0 saturated heterocycles. The van der Waals surface area contributed by atoms with E-state index in [1.165, 1.54) is 19.3 Å². The third-order valence-electron chi connectivity index (χ3n) is 1.84. The van der Waals surface area contributed by atoms with Gasteiger partial charge in [-0.15, -0.1) is 0 Å². The number of nitriles is 1. The van der Waals surface area contributed by atoms with E-state index in [-0.39, 0.29) is 5.57 Å². The number of aliphatic carboxylic acids is 1. The molecule has 0 saturated carbocycles. The first-order valence-electron chi connectivity index (χ1n) is 4.27. The van der Waals surface area contributed by atoms with Crippen LogP contribution in [0.4, 0.5) is 0 Å². The summed E-state index contributed by atoms with van der Waals surface area (Å²) in [5.41, 5.74) is 0.186. The lowest BCUT2D eigenvalue weighted by atomic mass is 10.1. The van der Waals surface area contributed by atoms with Gasteiger partial charge in [-0.05, 0) is 23.8 Å². The molecule has 0 bridgehead atoms. The molecule has 1 rings (SSSR count). The van der Waals surface area contributed by atoms with E-state index in [2.05, 4.69) is 0 Å². The lowest BCUT2D eigenvalue weighted by Gasteiger charge is -2.03. The van der Waals surface area contributed by atoms with Crippen molar-refractivity contribution >= 4 is 23.6 Å². The van der Waals surface area contributed by atoms with Crippen LogP contribution in [0.3, 0.4) is 0 Å². The molecule has 1 aromatic rings. The molecule has 0 aliphatic rings. The summed E-state index contributed by atoms with van der Waals surface area (Å²) in [4.78, 5) is 10.6. The van der Waals surface area contributed by atoms with Crippen LogP contribution >= 0.6 is 11.6 Å². The summed E-state index contributed by atoms with van der Waals surface area (Å²) >= 11 is 5.85. The Morgan fingerprint density at radius 2 is 2.31 bits per heavy atom. The molecule has 1 N–H and O–H groups in total. The third kappa shape index (κ3) is 2.75. The minimum Gasteiger partial charge on any atom is -0.495 e. The van der Waals surface area contributed by atoms with Crippen LogP contribution in [0.15, 0.2) is 23.8 Å². The van der Waals surface area contributed by atoms with Crippen molar-refractivity contribution < 1.29 is 14.6 Å². The lowest BCUT2D eigenvalue weighted by Crippen LogP contribution is -1.97. The average molecular weight is 238 g/mol. The molecule has 0 unspecified atom stereocenters. The van der Waals surface area contributed by atoms with Crippen LogP contribution in [0.25, 0.3) is 6.08 Å². The van der Waals surface area contributed by atoms with Gasteiger partial charge in [0.25, 0.3) is 0 Å². The first kappa shape index (κ1) is 12.1. The summed E-state index contributed by atoms with van der Waals surface area (Å²) in [6, 6.07) is 6.33. The molecule has 0 radical (unpaired) electrons. The Balaban J connectivity index is 3.12. The Morgan fingerprint density at radius 1 is 1.62 bits per heavy atom. The fourth-order valence-electron chi connectivity index (χ4n) is 1.08. The molecule has 0 fully saturated rings. The van der Waals surface area contributed by atoms with E-state index in [9.17, 15) is 4.79 Å². The minimum absolute atomic E-state index is 0.346. The van der Waals surface area contributed by atoms with Crippen LogP contribution in [-0.2, 0) is 4.79 Å². The summed E-state index contributed by atoms with van der Waals surface area (Å²) in [6.45, 7) is 0. The van der Waals surface area contributed by atoms with Gasteiger partial charge < -0.3 is 9.84 Å². The summed E-state index contributed by atoms with van der Waals surface area (Å²) in [7, 11) is 1.48. The Labute approximate surface area is 97.3 Å². The zero-order valence-electron chi connectivity index (χ0n) is 8.40. The Morgan fingerprint density at radius 3 is 2.75 bits per heavy atom. The molecule has 5 heteroatoms. The number of rotatable bonds is 3. The first-order valence-corrected chi connectivity index (χ1v) is 4.65. The second-order valence-electron chi connectivity index (χ2n) is 2.87. The molecule has 4 nitrogen and oxygen atoms in total. The molecule has 0 heterocycles. The third-order valence-corrected chi connectivity index (χ3v) is 2.13. The molecule has 0 atom stereocenters. The fraction of sp³-hybridized carbons (Fsp3) is 0.0909. The van der Waals surface area contributed by atoms with Crippen molar-refractivity contribution in [2.75, 3.05) is 7.11 Å². The largest absolute Gasteiger partial charge is 0.495 e. The molecule has 0 aromatic heterocycles. The predicted molar refractivity (Wildman–Crippen MR) is 59.2 cm³/mol. The first-order chi connectivity index (χ1) is 7.58. The van der Waals surface area contributed by atoms with Gasteiger partial charge in [0.15, 0.2) is 0 Å². The highest BCUT2D eigenvalue weighted by molar-refractivity contribution is 6.32. The summed E-state index contributed by atoms with van der Waals surface area (Å²) in [6.07, 6.45) is 1.24. The molecule has 0 aliphatic carbocycles. The highest BCUT2D eigenvalue weighted by Gasteiger charge is 2.06. The maximum atomic E-state index is 10.6. The van der Waals surface area contributed by atoms with E-state index >= 15 is 0 Å². The van der Waals surface area contributed by atoms with Crippen molar-refractivity contribution in [1.29, 1.82) is 5.26 Å². The number of carbonyl (C=O) groups is 1. The number of halogens is 1. The van der Waals surface area contributed by atoms with Crippen molar-refractivity contribution in [3.8, 4) is 11.8 Å². The van der Waals surface area contributed by atoms with Crippen LogP contribution in [0.1, 0.15) is 5.56 Å². The maximum Gasteiger partial charge on any atom is 0.346 e. The highest BCUT2D eigenvalue weighted by atomic mass is 35.5. The van der Waals surface area contributed by atoms with E-state index < -0.39 is 5.97 Å². The number of ether oxygens (including phenoxy) is 1. The SMILES string of the molecule is COc1ccc(/C=C(\C#N)C(=O)O)cc1Cl. The van der Waals surface area contributed by atoms with Crippen LogP contribution < -0.4 is 4.74 Å². The van der Waals surface area contributed by atoms with Gasteiger partial charge in [0.2, 0.25) is 0 Å². The zero-order valence-corrected chi connectivity index (χ0v) is 9.15. The van der Waals surface area contributed by atoms with E-state index in [0.717, 1.165) is 0 Å². The van der Waals surface area contributed by atoms with Crippen molar-refractivity contribution in [2.24, 2.45) is 0 Å². The number of hydrogen-bond donors (Lipinski definition) is 1. The fourth-order valence-corrected chi connectivity index (χ4v) is 1.35. The van der Waals surface area contributed by atoms with E-state index in [0.29, 0.717) is 16.3 Å². The average Bonchev–Trinajstić information content (AvgIpc) is 2.25. The number of benzene rings is 1. The van der Waals surface area contributed by atoms with Crippen molar-refractivity contribution in [2.45, 2.75) is 0 Å². The molecular formula is C11H8ClNO3. The van der Waals surface area contributed by atoms with Gasteiger partial charge in [-0.2, -0.15) is 5.26 Å². The quantitative estimate of drug-likeness (QED) is 0.647. The zero-order chi connectivity index (χ0) is 12.1. The van der Waals surface area contributed by atoms with Gasteiger partial charge in [-0.3, -0.25) is 0 Å². The number of methoxy groups -OCH3 is 1. The number of hydrogen-bond acceptors (Lipinski definition) is 3. The molecule has 0 amide bonds. The van der Waals surface area contributed by atoms with Crippen LogP contribution in [-0.4, -0.2) is 18.2 Å². The monoisotopic (exact) mass is 237 g/mol. The molecule has 0 aliphatic heterocycles. The summed E-state index contributed by atoms with van der Waals surface area (Å²) in [5.74, 6) is -0.776. The second-order valence-corrected chi connectivity index (χ2v) is 3.28.